The van der Waals surface area contributed by atoms with E-state index in [1.807, 2.05) is 0 Å². The highest BCUT2D eigenvalue weighted by atomic mass is 32.2. The summed E-state index contributed by atoms with van der Waals surface area (Å²) in [5.74, 6) is -0.439. The Morgan fingerprint density at radius 1 is 1.50 bits per heavy atom. The van der Waals surface area contributed by atoms with Crippen molar-refractivity contribution in [2.24, 2.45) is 11.8 Å². The number of hydrogen-bond donors (Lipinski definition) is 0. The lowest BCUT2D eigenvalue weighted by molar-refractivity contribution is -0.141. The number of ether oxygens (including phenoxy) is 2. The largest absolute Gasteiger partial charge is 0.460 e. The standard InChI is InChI=1S/C13H16O6S/c1-7(2)13(14)18-4-3-17-11-8-5-9-10(6-8)20(15,16)19-12(9)11/h6,8-9,11-12H,1,3-5H2,2H3. The summed E-state index contributed by atoms with van der Waals surface area (Å²) in [6.45, 7) is 5.39. The zero-order valence-electron chi connectivity index (χ0n) is 11.1. The molecule has 0 spiro atoms. The molecular weight excluding hydrogens is 284 g/mol. The lowest BCUT2D eigenvalue weighted by atomic mass is 10.0. The molecule has 6 nitrogen and oxygen atoms in total. The van der Waals surface area contributed by atoms with Crippen LogP contribution in [0.4, 0.5) is 0 Å². The van der Waals surface area contributed by atoms with Gasteiger partial charge >= 0.3 is 5.97 Å². The zero-order valence-corrected chi connectivity index (χ0v) is 11.9. The van der Waals surface area contributed by atoms with Crippen LogP contribution in [0.1, 0.15) is 13.3 Å². The predicted octanol–water partition coefficient (Wildman–Crippen LogP) is 0.753. The topological polar surface area (TPSA) is 78.9 Å². The van der Waals surface area contributed by atoms with Gasteiger partial charge < -0.3 is 9.47 Å². The Bertz CT molecular complexity index is 590. The highest BCUT2D eigenvalue weighted by molar-refractivity contribution is 7.91. The summed E-state index contributed by atoms with van der Waals surface area (Å²) >= 11 is 0. The molecule has 20 heavy (non-hydrogen) atoms. The van der Waals surface area contributed by atoms with E-state index in [2.05, 4.69) is 6.58 Å². The lowest BCUT2D eigenvalue weighted by Crippen LogP contribution is -2.33. The van der Waals surface area contributed by atoms with Gasteiger partial charge in [0.2, 0.25) is 0 Å². The molecule has 1 saturated carbocycles. The van der Waals surface area contributed by atoms with Gasteiger partial charge in [-0.2, -0.15) is 8.42 Å². The van der Waals surface area contributed by atoms with E-state index in [-0.39, 0.29) is 31.2 Å². The Balaban J connectivity index is 1.53. The molecule has 0 aromatic rings. The van der Waals surface area contributed by atoms with E-state index >= 15 is 0 Å². The maximum absolute atomic E-state index is 11.7. The van der Waals surface area contributed by atoms with Gasteiger partial charge in [0, 0.05) is 17.4 Å². The molecule has 0 N–H and O–H groups in total. The fraction of sp³-hybridized carbons (Fsp3) is 0.615. The SMILES string of the molecule is C=C(C)C(=O)OCCOC1C2C=C3C(C2)C1OS3(=O)=O. The van der Waals surface area contributed by atoms with Crippen LogP contribution >= 0.6 is 0 Å². The van der Waals surface area contributed by atoms with Crippen LogP contribution in [0.5, 0.6) is 0 Å². The van der Waals surface area contributed by atoms with Crippen LogP contribution in [0, 0.1) is 11.8 Å². The third-order valence-electron chi connectivity index (χ3n) is 3.91. The van der Waals surface area contributed by atoms with Crippen LogP contribution in [0.25, 0.3) is 0 Å². The Hall–Kier alpha value is -1.18. The Labute approximate surface area is 117 Å². The van der Waals surface area contributed by atoms with Gasteiger partial charge in [-0.25, -0.2) is 4.79 Å². The second-order valence-corrected chi connectivity index (χ2v) is 6.91. The highest BCUT2D eigenvalue weighted by Gasteiger charge is 2.59. The molecule has 0 aromatic carbocycles. The van der Waals surface area contributed by atoms with Gasteiger partial charge in [0.05, 0.1) is 17.6 Å². The minimum atomic E-state index is -3.54. The van der Waals surface area contributed by atoms with Crippen molar-refractivity contribution in [2.75, 3.05) is 13.2 Å². The molecule has 3 rings (SSSR count). The van der Waals surface area contributed by atoms with Crippen LogP contribution in [-0.2, 0) is 28.6 Å². The van der Waals surface area contributed by atoms with Crippen molar-refractivity contribution in [1.82, 2.24) is 0 Å². The average Bonchev–Trinajstić information content (AvgIpc) is 2.96. The van der Waals surface area contributed by atoms with Crippen molar-refractivity contribution in [2.45, 2.75) is 25.6 Å². The van der Waals surface area contributed by atoms with Crippen LogP contribution in [0.15, 0.2) is 23.1 Å². The second-order valence-electron chi connectivity index (χ2n) is 5.34. The summed E-state index contributed by atoms with van der Waals surface area (Å²) in [5, 5.41) is 0. The fourth-order valence-corrected chi connectivity index (χ4v) is 4.65. The van der Waals surface area contributed by atoms with Crippen LogP contribution in [0.3, 0.4) is 0 Å². The average molecular weight is 300 g/mol. The lowest BCUT2D eigenvalue weighted by Gasteiger charge is -2.22. The molecule has 1 heterocycles. The predicted molar refractivity (Wildman–Crippen MR) is 69.0 cm³/mol. The van der Waals surface area contributed by atoms with Gasteiger partial charge in [-0.3, -0.25) is 4.18 Å². The van der Waals surface area contributed by atoms with Crippen molar-refractivity contribution in [3.63, 3.8) is 0 Å². The van der Waals surface area contributed by atoms with E-state index in [1.165, 1.54) is 0 Å². The van der Waals surface area contributed by atoms with Crippen LogP contribution in [-0.4, -0.2) is 39.8 Å². The molecule has 1 saturated heterocycles. The maximum atomic E-state index is 11.7. The molecule has 2 fully saturated rings. The Kier molecular flexibility index (Phi) is 3.23. The summed E-state index contributed by atoms with van der Waals surface area (Å²) in [4.78, 5) is 11.6. The number of carbonyl (C=O) groups is 1. The summed E-state index contributed by atoms with van der Waals surface area (Å²) < 4.78 is 39.1. The second kappa shape index (κ2) is 4.68. The number of hydrogen-bond acceptors (Lipinski definition) is 6. The molecule has 4 unspecified atom stereocenters. The van der Waals surface area contributed by atoms with Crippen molar-refractivity contribution in [3.05, 3.63) is 23.1 Å². The zero-order chi connectivity index (χ0) is 14.5. The van der Waals surface area contributed by atoms with E-state index in [9.17, 15) is 13.2 Å². The van der Waals surface area contributed by atoms with Crippen molar-refractivity contribution < 1.29 is 26.9 Å². The molecule has 3 aliphatic rings. The van der Waals surface area contributed by atoms with E-state index in [0.717, 1.165) is 6.42 Å². The van der Waals surface area contributed by atoms with Crippen molar-refractivity contribution >= 4 is 16.1 Å². The van der Waals surface area contributed by atoms with Crippen LogP contribution < -0.4 is 0 Å². The monoisotopic (exact) mass is 300 g/mol. The quantitative estimate of drug-likeness (QED) is 0.323. The van der Waals surface area contributed by atoms with E-state index in [4.69, 9.17) is 13.7 Å². The molecular formula is C13H16O6S. The molecule has 0 aromatic heterocycles. The minimum absolute atomic E-state index is 0.0621. The van der Waals surface area contributed by atoms with E-state index in [1.54, 1.807) is 13.0 Å². The molecule has 0 amide bonds. The van der Waals surface area contributed by atoms with Gasteiger partial charge in [0.1, 0.15) is 12.7 Å². The van der Waals surface area contributed by atoms with Crippen LogP contribution in [0.2, 0.25) is 0 Å². The normalized spacial score (nSPS) is 36.0. The van der Waals surface area contributed by atoms with Gasteiger partial charge in [-0.15, -0.1) is 0 Å². The minimum Gasteiger partial charge on any atom is -0.460 e. The third kappa shape index (κ3) is 2.10. The molecule has 1 aliphatic heterocycles. The summed E-state index contributed by atoms with van der Waals surface area (Å²) in [6.07, 6.45) is 1.81. The third-order valence-corrected chi connectivity index (χ3v) is 5.41. The Morgan fingerprint density at radius 3 is 2.95 bits per heavy atom. The Morgan fingerprint density at radius 2 is 2.25 bits per heavy atom. The smallest absolute Gasteiger partial charge is 0.333 e. The summed E-state index contributed by atoms with van der Waals surface area (Å²) in [7, 11) is -3.54. The molecule has 110 valence electrons. The molecule has 0 radical (unpaired) electrons. The van der Waals surface area contributed by atoms with E-state index < -0.39 is 22.2 Å². The molecule has 2 aliphatic carbocycles. The van der Waals surface area contributed by atoms with Gasteiger partial charge in [0.15, 0.2) is 0 Å². The fourth-order valence-electron chi connectivity index (χ4n) is 3.06. The number of esters is 1. The first kappa shape index (κ1) is 13.8. The van der Waals surface area contributed by atoms with Gasteiger partial charge in [0.25, 0.3) is 10.1 Å². The number of carbonyl (C=O) groups excluding carboxylic acids is 1. The van der Waals surface area contributed by atoms with Crippen molar-refractivity contribution in [3.8, 4) is 0 Å². The number of rotatable bonds is 5. The highest BCUT2D eigenvalue weighted by Crippen LogP contribution is 2.54. The maximum Gasteiger partial charge on any atom is 0.333 e. The first-order chi connectivity index (χ1) is 9.40. The van der Waals surface area contributed by atoms with Crippen molar-refractivity contribution in [1.29, 1.82) is 0 Å². The molecule has 4 atom stereocenters. The first-order valence-corrected chi connectivity index (χ1v) is 7.90. The summed E-state index contributed by atoms with van der Waals surface area (Å²) in [5.41, 5.74) is 0.336. The van der Waals surface area contributed by atoms with E-state index in [0.29, 0.717) is 10.5 Å². The molecule has 7 heteroatoms. The first-order valence-electron chi connectivity index (χ1n) is 6.49. The van der Waals surface area contributed by atoms with Gasteiger partial charge in [-0.1, -0.05) is 12.7 Å². The molecule has 2 bridgehead atoms. The van der Waals surface area contributed by atoms with Gasteiger partial charge in [-0.05, 0) is 13.3 Å². The summed E-state index contributed by atoms with van der Waals surface area (Å²) in [6, 6.07) is 0. The number of fused-ring (bicyclic) bond motifs is 1.